The summed E-state index contributed by atoms with van der Waals surface area (Å²) in [7, 11) is 0. The number of carboxylic acids is 1. The summed E-state index contributed by atoms with van der Waals surface area (Å²) in [5.74, 6) is -2.09. The molecule has 0 radical (unpaired) electrons. The molecule has 0 fully saturated rings. The van der Waals surface area contributed by atoms with Crippen LogP contribution in [0.25, 0.3) is 0 Å². The SMILES string of the molecule is O=C([O-])C1Oc2ncccc2C1=O.[Na+]. The van der Waals surface area contributed by atoms with Crippen LogP contribution >= 0.6 is 0 Å². The van der Waals surface area contributed by atoms with E-state index in [-0.39, 0.29) is 41.0 Å². The van der Waals surface area contributed by atoms with E-state index in [4.69, 9.17) is 4.74 Å². The number of carbonyl (C=O) groups excluding carboxylic acids is 2. The maximum atomic E-state index is 11.3. The normalized spacial score (nSPS) is 18.0. The molecule has 1 aliphatic heterocycles. The van der Waals surface area contributed by atoms with E-state index < -0.39 is 17.9 Å². The largest absolute Gasteiger partial charge is 1.00 e. The number of pyridine rings is 1. The molecule has 0 saturated carbocycles. The molecule has 1 atom stereocenters. The fourth-order valence-corrected chi connectivity index (χ4v) is 1.13. The molecule has 2 heterocycles. The number of hydrogen-bond acceptors (Lipinski definition) is 5. The Morgan fingerprint density at radius 1 is 1.57 bits per heavy atom. The van der Waals surface area contributed by atoms with E-state index in [9.17, 15) is 14.7 Å². The van der Waals surface area contributed by atoms with Crippen LogP contribution in [0.4, 0.5) is 0 Å². The number of aromatic nitrogens is 1. The maximum absolute atomic E-state index is 11.3. The molecule has 6 heteroatoms. The Morgan fingerprint density at radius 3 is 2.86 bits per heavy atom. The van der Waals surface area contributed by atoms with Gasteiger partial charge in [-0.25, -0.2) is 4.98 Å². The minimum Gasteiger partial charge on any atom is -0.546 e. The number of carboxylic acid groups (broad SMARTS) is 1. The molecule has 14 heavy (non-hydrogen) atoms. The Bertz CT molecular complexity index is 393. The zero-order valence-electron chi connectivity index (χ0n) is 7.39. The molecule has 0 N–H and O–H groups in total. The van der Waals surface area contributed by atoms with Crippen LogP contribution in [0.2, 0.25) is 0 Å². The second-order valence-electron chi connectivity index (χ2n) is 2.54. The zero-order chi connectivity index (χ0) is 9.42. The van der Waals surface area contributed by atoms with Crippen molar-refractivity contribution in [2.45, 2.75) is 6.10 Å². The molecule has 1 aromatic heterocycles. The van der Waals surface area contributed by atoms with E-state index >= 15 is 0 Å². The first-order valence-corrected chi connectivity index (χ1v) is 3.57. The van der Waals surface area contributed by atoms with E-state index in [0.29, 0.717) is 0 Å². The van der Waals surface area contributed by atoms with Crippen LogP contribution in [-0.2, 0) is 4.79 Å². The summed E-state index contributed by atoms with van der Waals surface area (Å²) in [6.45, 7) is 0. The van der Waals surface area contributed by atoms with Gasteiger partial charge in [0.1, 0.15) is 0 Å². The van der Waals surface area contributed by atoms with Crippen molar-refractivity contribution in [1.29, 1.82) is 0 Å². The van der Waals surface area contributed by atoms with Gasteiger partial charge in [-0.15, -0.1) is 0 Å². The molecular formula is C8H4NNaO4. The summed E-state index contributed by atoms with van der Waals surface area (Å²) in [4.78, 5) is 25.4. The molecular weight excluding hydrogens is 197 g/mol. The van der Waals surface area contributed by atoms with Crippen molar-refractivity contribution in [3.63, 3.8) is 0 Å². The quantitative estimate of drug-likeness (QED) is 0.340. The summed E-state index contributed by atoms with van der Waals surface area (Å²) >= 11 is 0. The summed E-state index contributed by atoms with van der Waals surface area (Å²) < 4.78 is 4.76. The van der Waals surface area contributed by atoms with Crippen molar-refractivity contribution in [2.75, 3.05) is 0 Å². The number of ether oxygens (including phenoxy) is 1. The third kappa shape index (κ3) is 1.66. The van der Waals surface area contributed by atoms with E-state index in [1.54, 1.807) is 0 Å². The summed E-state index contributed by atoms with van der Waals surface area (Å²) in [5, 5.41) is 10.4. The van der Waals surface area contributed by atoms with Crippen LogP contribution in [0, 0.1) is 0 Å². The fourth-order valence-electron chi connectivity index (χ4n) is 1.13. The predicted octanol–water partition coefficient (Wildman–Crippen LogP) is -4.22. The number of aliphatic carboxylic acids is 1. The topological polar surface area (TPSA) is 79.3 Å². The summed E-state index contributed by atoms with van der Waals surface area (Å²) in [5.41, 5.74) is 0.191. The number of fused-ring (bicyclic) bond motifs is 1. The monoisotopic (exact) mass is 201 g/mol. The average molecular weight is 201 g/mol. The molecule has 0 aromatic carbocycles. The number of carbonyl (C=O) groups is 2. The Hall–Kier alpha value is -0.910. The minimum atomic E-state index is -1.54. The molecule has 1 aromatic rings. The zero-order valence-corrected chi connectivity index (χ0v) is 9.39. The van der Waals surface area contributed by atoms with E-state index in [1.165, 1.54) is 18.3 Å². The first-order valence-electron chi connectivity index (χ1n) is 3.57. The van der Waals surface area contributed by atoms with Gasteiger partial charge in [0, 0.05) is 6.20 Å². The van der Waals surface area contributed by atoms with Gasteiger partial charge < -0.3 is 14.6 Å². The van der Waals surface area contributed by atoms with Crippen molar-refractivity contribution < 1.29 is 49.0 Å². The van der Waals surface area contributed by atoms with Gasteiger partial charge in [0.05, 0.1) is 11.5 Å². The summed E-state index contributed by atoms with van der Waals surface area (Å²) in [6, 6.07) is 3.01. The number of Topliss-reactive ketones (excluding diaryl/α,β-unsaturated/α-hetero) is 1. The molecule has 5 nitrogen and oxygen atoms in total. The molecule has 0 aliphatic carbocycles. The fraction of sp³-hybridized carbons (Fsp3) is 0.125. The van der Waals surface area contributed by atoms with Crippen LogP contribution in [0.3, 0.4) is 0 Å². The van der Waals surface area contributed by atoms with Crippen LogP contribution in [-0.4, -0.2) is 22.8 Å². The van der Waals surface area contributed by atoms with Crippen molar-refractivity contribution in [1.82, 2.24) is 4.98 Å². The van der Waals surface area contributed by atoms with E-state index in [0.717, 1.165) is 0 Å². The molecule has 1 unspecified atom stereocenters. The van der Waals surface area contributed by atoms with Crippen molar-refractivity contribution >= 4 is 11.8 Å². The van der Waals surface area contributed by atoms with Gasteiger partial charge >= 0.3 is 29.6 Å². The van der Waals surface area contributed by atoms with Gasteiger partial charge in [-0.1, -0.05) is 0 Å². The van der Waals surface area contributed by atoms with Gasteiger partial charge in [-0.3, -0.25) is 4.79 Å². The third-order valence-electron chi connectivity index (χ3n) is 1.72. The Balaban J connectivity index is 0.000000980. The molecule has 0 saturated heterocycles. The van der Waals surface area contributed by atoms with Gasteiger partial charge in [0.15, 0.2) is 0 Å². The van der Waals surface area contributed by atoms with Crippen LogP contribution in [0.15, 0.2) is 18.3 Å². The van der Waals surface area contributed by atoms with Crippen molar-refractivity contribution in [2.24, 2.45) is 0 Å². The molecule has 1 aliphatic rings. The van der Waals surface area contributed by atoms with Crippen molar-refractivity contribution in [3.05, 3.63) is 23.9 Å². The van der Waals surface area contributed by atoms with E-state index in [1.807, 2.05) is 0 Å². The Morgan fingerprint density at radius 2 is 2.29 bits per heavy atom. The molecule has 66 valence electrons. The van der Waals surface area contributed by atoms with Crippen LogP contribution in [0.5, 0.6) is 5.88 Å². The maximum Gasteiger partial charge on any atom is 1.00 e. The minimum absolute atomic E-state index is 0. The van der Waals surface area contributed by atoms with Gasteiger partial charge in [0.25, 0.3) is 0 Å². The second kappa shape index (κ2) is 4.08. The number of nitrogens with zero attached hydrogens (tertiary/aromatic N) is 1. The van der Waals surface area contributed by atoms with Crippen LogP contribution < -0.4 is 39.4 Å². The Labute approximate surface area is 101 Å². The van der Waals surface area contributed by atoms with Crippen molar-refractivity contribution in [3.8, 4) is 5.88 Å². The Kier molecular flexibility index (Phi) is 3.25. The first kappa shape index (κ1) is 11.2. The molecule has 2 rings (SSSR count). The second-order valence-corrected chi connectivity index (χ2v) is 2.54. The average Bonchev–Trinajstić information content (AvgIpc) is 2.45. The molecule has 0 amide bonds. The standard InChI is InChI=1S/C8H5NO4.Na/c10-5-4-2-1-3-9-7(4)13-6(5)8(11)12;/h1-3,6H,(H,11,12);/q;+1/p-1. The number of ketones is 1. The molecule has 0 spiro atoms. The van der Waals surface area contributed by atoms with Gasteiger partial charge in [-0.2, -0.15) is 0 Å². The third-order valence-corrected chi connectivity index (χ3v) is 1.72. The number of hydrogen-bond donors (Lipinski definition) is 0. The summed E-state index contributed by atoms with van der Waals surface area (Å²) in [6.07, 6.45) is -0.117. The predicted molar refractivity (Wildman–Crippen MR) is 38.0 cm³/mol. The molecule has 0 bridgehead atoms. The van der Waals surface area contributed by atoms with Gasteiger partial charge in [0.2, 0.25) is 17.8 Å². The smallest absolute Gasteiger partial charge is 0.546 e. The number of rotatable bonds is 1. The first-order chi connectivity index (χ1) is 6.20. The van der Waals surface area contributed by atoms with Crippen LogP contribution in [0.1, 0.15) is 10.4 Å². The van der Waals surface area contributed by atoms with E-state index in [2.05, 4.69) is 4.98 Å². The van der Waals surface area contributed by atoms with Gasteiger partial charge in [-0.05, 0) is 12.1 Å².